The van der Waals surface area contributed by atoms with E-state index in [2.05, 4.69) is 15.4 Å². The van der Waals surface area contributed by atoms with Gasteiger partial charge in [0.25, 0.3) is 0 Å². The molecule has 0 saturated carbocycles. The fourth-order valence-corrected chi connectivity index (χ4v) is 1.29. The van der Waals surface area contributed by atoms with Crippen molar-refractivity contribution in [1.82, 2.24) is 5.32 Å². The Morgan fingerprint density at radius 3 is 2.24 bits per heavy atom. The molecule has 0 unspecified atom stereocenters. The Bertz CT molecular complexity index is 498. The first kappa shape index (κ1) is 16.8. The molecular formula is C13H15F3N2O3. The third kappa shape index (κ3) is 6.64. The van der Waals surface area contributed by atoms with Gasteiger partial charge in [0.2, 0.25) is 0 Å². The molecule has 116 valence electrons. The number of anilines is 1. The number of alkyl halides is 3. The lowest BCUT2D eigenvalue weighted by molar-refractivity contribution is -0.274. The van der Waals surface area contributed by atoms with Gasteiger partial charge >= 0.3 is 12.4 Å². The van der Waals surface area contributed by atoms with Crippen LogP contribution in [0.25, 0.3) is 0 Å². The minimum Gasteiger partial charge on any atom is -0.406 e. The van der Waals surface area contributed by atoms with Crippen molar-refractivity contribution in [3.63, 3.8) is 0 Å². The smallest absolute Gasteiger partial charge is 0.406 e. The van der Waals surface area contributed by atoms with Gasteiger partial charge in [-0.1, -0.05) is 13.8 Å². The van der Waals surface area contributed by atoms with E-state index in [1.54, 1.807) is 13.8 Å². The maximum Gasteiger partial charge on any atom is 0.573 e. The van der Waals surface area contributed by atoms with Crippen LogP contribution in [0.5, 0.6) is 5.75 Å². The Morgan fingerprint density at radius 1 is 1.19 bits per heavy atom. The fraction of sp³-hybridized carbons (Fsp3) is 0.385. The van der Waals surface area contributed by atoms with Crippen molar-refractivity contribution in [2.75, 3.05) is 11.9 Å². The lowest BCUT2D eigenvalue weighted by Gasteiger charge is -2.10. The number of ether oxygens (including phenoxy) is 1. The van der Waals surface area contributed by atoms with Crippen LogP contribution in [0.4, 0.5) is 23.7 Å². The zero-order valence-electron chi connectivity index (χ0n) is 11.5. The molecule has 2 amide bonds. The van der Waals surface area contributed by atoms with Gasteiger partial charge in [0, 0.05) is 11.6 Å². The molecule has 0 aliphatic carbocycles. The van der Waals surface area contributed by atoms with Crippen molar-refractivity contribution in [2.45, 2.75) is 20.2 Å². The number of carbonyl (C=O) groups excluding carboxylic acids is 2. The highest BCUT2D eigenvalue weighted by Gasteiger charge is 2.30. The number of amides is 2. The standard InChI is InChI=1S/C13H15F3N2O3/c1-8(2)11(19)7-17-12(20)18-9-3-5-10(6-4-9)21-13(14,15)16/h3-6,8H,7H2,1-2H3,(H2,17,18,20). The van der Waals surface area contributed by atoms with Gasteiger partial charge in [-0.25, -0.2) is 4.79 Å². The summed E-state index contributed by atoms with van der Waals surface area (Å²) in [6, 6.07) is 4.04. The van der Waals surface area contributed by atoms with Crippen molar-refractivity contribution >= 4 is 17.5 Å². The van der Waals surface area contributed by atoms with Gasteiger partial charge in [-0.05, 0) is 24.3 Å². The molecule has 0 bridgehead atoms. The summed E-state index contributed by atoms with van der Waals surface area (Å²) in [5.74, 6) is -0.702. The highest BCUT2D eigenvalue weighted by atomic mass is 19.4. The summed E-state index contributed by atoms with van der Waals surface area (Å²) in [4.78, 5) is 22.8. The zero-order chi connectivity index (χ0) is 16.0. The molecular weight excluding hydrogens is 289 g/mol. The van der Waals surface area contributed by atoms with Gasteiger partial charge in [0.1, 0.15) is 5.75 Å². The van der Waals surface area contributed by atoms with E-state index in [4.69, 9.17) is 0 Å². The molecule has 1 rings (SSSR count). The van der Waals surface area contributed by atoms with Crippen LogP contribution in [0.15, 0.2) is 24.3 Å². The van der Waals surface area contributed by atoms with Crippen molar-refractivity contribution in [1.29, 1.82) is 0 Å². The Balaban J connectivity index is 2.48. The van der Waals surface area contributed by atoms with Crippen LogP contribution in [0.2, 0.25) is 0 Å². The van der Waals surface area contributed by atoms with Crippen LogP contribution < -0.4 is 15.4 Å². The van der Waals surface area contributed by atoms with Gasteiger partial charge in [-0.3, -0.25) is 4.79 Å². The SMILES string of the molecule is CC(C)C(=O)CNC(=O)Nc1ccc(OC(F)(F)F)cc1. The average Bonchev–Trinajstić information content (AvgIpc) is 2.36. The van der Waals surface area contributed by atoms with Crippen LogP contribution in [-0.2, 0) is 4.79 Å². The van der Waals surface area contributed by atoms with Crippen molar-refractivity contribution in [3.05, 3.63) is 24.3 Å². The van der Waals surface area contributed by atoms with Crippen LogP contribution in [0.3, 0.4) is 0 Å². The molecule has 0 aliphatic rings. The molecule has 0 heterocycles. The summed E-state index contributed by atoms with van der Waals surface area (Å²) in [5, 5.41) is 4.74. The molecule has 0 saturated heterocycles. The van der Waals surface area contributed by atoms with E-state index in [0.717, 1.165) is 12.1 Å². The summed E-state index contributed by atoms with van der Waals surface area (Å²) in [6.45, 7) is 3.31. The number of benzene rings is 1. The molecule has 5 nitrogen and oxygen atoms in total. The first-order chi connectivity index (χ1) is 9.67. The van der Waals surface area contributed by atoms with E-state index in [1.807, 2.05) is 0 Å². The molecule has 0 radical (unpaired) electrons. The lowest BCUT2D eigenvalue weighted by atomic mass is 10.1. The summed E-state index contributed by atoms with van der Waals surface area (Å²) < 4.78 is 39.6. The van der Waals surface area contributed by atoms with E-state index < -0.39 is 12.4 Å². The molecule has 2 N–H and O–H groups in total. The summed E-state index contributed by atoms with van der Waals surface area (Å²) >= 11 is 0. The van der Waals surface area contributed by atoms with Crippen molar-refractivity contribution < 1.29 is 27.5 Å². The Labute approximate surface area is 119 Å². The van der Waals surface area contributed by atoms with E-state index >= 15 is 0 Å². The molecule has 8 heteroatoms. The number of rotatable bonds is 5. The fourth-order valence-electron chi connectivity index (χ4n) is 1.29. The number of hydrogen-bond donors (Lipinski definition) is 2. The summed E-state index contributed by atoms with van der Waals surface area (Å²) in [5.41, 5.74) is 0.277. The van der Waals surface area contributed by atoms with Crippen LogP contribution in [-0.4, -0.2) is 24.7 Å². The number of carbonyl (C=O) groups is 2. The van der Waals surface area contributed by atoms with Crippen LogP contribution in [0.1, 0.15) is 13.8 Å². The lowest BCUT2D eigenvalue weighted by Crippen LogP contribution is -2.34. The zero-order valence-corrected chi connectivity index (χ0v) is 11.5. The second-order valence-electron chi connectivity index (χ2n) is 4.50. The summed E-state index contributed by atoms with van der Waals surface area (Å²) in [7, 11) is 0. The van der Waals surface area contributed by atoms with Gasteiger partial charge in [0.15, 0.2) is 5.78 Å². The number of halogens is 3. The third-order valence-corrected chi connectivity index (χ3v) is 2.41. The van der Waals surface area contributed by atoms with Crippen molar-refractivity contribution in [3.8, 4) is 5.75 Å². The van der Waals surface area contributed by atoms with E-state index in [-0.39, 0.29) is 29.7 Å². The maximum atomic E-state index is 12.0. The molecule has 1 aromatic carbocycles. The molecule has 0 fully saturated rings. The normalized spacial score (nSPS) is 11.1. The molecule has 0 spiro atoms. The van der Waals surface area contributed by atoms with Crippen LogP contribution in [0, 0.1) is 5.92 Å². The van der Waals surface area contributed by atoms with Crippen molar-refractivity contribution in [2.24, 2.45) is 5.92 Å². The van der Waals surface area contributed by atoms with E-state index in [0.29, 0.717) is 0 Å². The largest absolute Gasteiger partial charge is 0.573 e. The molecule has 0 aliphatic heterocycles. The Kier molecular flexibility index (Phi) is 5.57. The number of Topliss-reactive ketones (excluding diaryl/α,β-unsaturated/α-hetero) is 1. The predicted octanol–water partition coefficient (Wildman–Crippen LogP) is 2.93. The highest BCUT2D eigenvalue weighted by Crippen LogP contribution is 2.23. The number of nitrogens with one attached hydrogen (secondary N) is 2. The van der Waals surface area contributed by atoms with E-state index in [9.17, 15) is 22.8 Å². The topological polar surface area (TPSA) is 67.4 Å². The minimum atomic E-state index is -4.76. The first-order valence-corrected chi connectivity index (χ1v) is 6.11. The second kappa shape index (κ2) is 6.96. The predicted molar refractivity (Wildman–Crippen MR) is 70.0 cm³/mol. The highest BCUT2D eigenvalue weighted by molar-refractivity contribution is 5.93. The van der Waals surface area contributed by atoms with Gasteiger partial charge < -0.3 is 15.4 Å². The third-order valence-electron chi connectivity index (χ3n) is 2.41. The second-order valence-corrected chi connectivity index (χ2v) is 4.50. The molecule has 21 heavy (non-hydrogen) atoms. The molecule has 0 aromatic heterocycles. The Morgan fingerprint density at radius 2 is 1.76 bits per heavy atom. The van der Waals surface area contributed by atoms with Crippen LogP contribution >= 0.6 is 0 Å². The minimum absolute atomic E-state index is 0.112. The van der Waals surface area contributed by atoms with Gasteiger partial charge in [0.05, 0.1) is 6.54 Å². The number of hydrogen-bond acceptors (Lipinski definition) is 3. The quantitative estimate of drug-likeness (QED) is 0.879. The monoisotopic (exact) mass is 304 g/mol. The maximum absolute atomic E-state index is 12.0. The molecule has 0 atom stereocenters. The molecule has 1 aromatic rings. The summed E-state index contributed by atoms with van der Waals surface area (Å²) in [6.07, 6.45) is -4.76. The number of ketones is 1. The average molecular weight is 304 g/mol. The van der Waals surface area contributed by atoms with Gasteiger partial charge in [-0.15, -0.1) is 13.2 Å². The van der Waals surface area contributed by atoms with E-state index in [1.165, 1.54) is 12.1 Å². The number of urea groups is 1. The first-order valence-electron chi connectivity index (χ1n) is 6.11. The Hall–Kier alpha value is -2.25. The van der Waals surface area contributed by atoms with Gasteiger partial charge in [-0.2, -0.15) is 0 Å².